The Morgan fingerprint density at radius 3 is 2.73 bits per heavy atom. The molecule has 1 fully saturated rings. The van der Waals surface area contributed by atoms with Crippen molar-refractivity contribution in [2.45, 2.75) is 37.9 Å². The SMILES string of the molecule is CCOC(=O)C1=C(NC(=O)C=CC(=O)O)SC2CCCCC12. The molecule has 6 nitrogen and oxygen atoms in total. The Labute approximate surface area is 133 Å². The Morgan fingerprint density at radius 1 is 1.32 bits per heavy atom. The van der Waals surface area contributed by atoms with E-state index in [2.05, 4.69) is 5.32 Å². The number of amides is 1. The van der Waals surface area contributed by atoms with Gasteiger partial charge in [-0.05, 0) is 19.8 Å². The van der Waals surface area contributed by atoms with Crippen molar-refractivity contribution in [2.24, 2.45) is 5.92 Å². The minimum atomic E-state index is -1.19. The normalized spacial score (nSPS) is 24.2. The lowest BCUT2D eigenvalue weighted by Crippen LogP contribution is -2.25. The molecule has 1 amide bonds. The third-order valence-corrected chi connectivity index (χ3v) is 5.12. The number of esters is 1. The molecule has 2 N–H and O–H groups in total. The van der Waals surface area contributed by atoms with E-state index in [0.29, 0.717) is 10.6 Å². The molecule has 1 saturated carbocycles. The monoisotopic (exact) mass is 325 g/mol. The number of nitrogens with one attached hydrogen (secondary N) is 1. The number of carboxylic acids is 1. The van der Waals surface area contributed by atoms with Gasteiger partial charge in [-0.15, -0.1) is 11.8 Å². The molecule has 22 heavy (non-hydrogen) atoms. The van der Waals surface area contributed by atoms with Crippen LogP contribution in [0.4, 0.5) is 0 Å². The molecule has 0 aromatic rings. The van der Waals surface area contributed by atoms with Crippen LogP contribution in [0.15, 0.2) is 22.8 Å². The highest BCUT2D eigenvalue weighted by atomic mass is 32.2. The fraction of sp³-hybridized carbons (Fsp3) is 0.533. The van der Waals surface area contributed by atoms with Gasteiger partial charge in [-0.1, -0.05) is 12.8 Å². The van der Waals surface area contributed by atoms with E-state index in [4.69, 9.17) is 9.84 Å². The first-order chi connectivity index (χ1) is 10.5. The van der Waals surface area contributed by atoms with Gasteiger partial charge < -0.3 is 15.2 Å². The quantitative estimate of drug-likeness (QED) is 0.592. The summed E-state index contributed by atoms with van der Waals surface area (Å²) in [6.45, 7) is 2.03. The van der Waals surface area contributed by atoms with Crippen LogP contribution in [-0.4, -0.2) is 34.8 Å². The third-order valence-electron chi connectivity index (χ3n) is 3.70. The number of aliphatic carboxylic acids is 1. The molecule has 1 heterocycles. The van der Waals surface area contributed by atoms with Crippen LogP contribution >= 0.6 is 11.8 Å². The first-order valence-corrected chi connectivity index (χ1v) is 8.20. The van der Waals surface area contributed by atoms with Crippen LogP contribution in [0.25, 0.3) is 0 Å². The molecule has 0 spiro atoms. The van der Waals surface area contributed by atoms with E-state index in [1.165, 1.54) is 11.8 Å². The summed E-state index contributed by atoms with van der Waals surface area (Å²) in [4.78, 5) is 34.4. The first kappa shape index (κ1) is 16.6. The lowest BCUT2D eigenvalue weighted by Gasteiger charge is -2.25. The Kier molecular flexibility index (Phi) is 5.65. The lowest BCUT2D eigenvalue weighted by molar-refractivity contribution is -0.139. The van der Waals surface area contributed by atoms with E-state index in [1.54, 1.807) is 6.92 Å². The molecule has 0 saturated heterocycles. The summed E-state index contributed by atoms with van der Waals surface area (Å²) in [6, 6.07) is 0. The van der Waals surface area contributed by atoms with Crippen LogP contribution in [0.1, 0.15) is 32.6 Å². The molecular weight excluding hydrogens is 306 g/mol. The highest BCUT2D eigenvalue weighted by Gasteiger charge is 2.41. The van der Waals surface area contributed by atoms with Crippen LogP contribution in [0.5, 0.6) is 0 Å². The number of hydrogen-bond acceptors (Lipinski definition) is 5. The topological polar surface area (TPSA) is 92.7 Å². The first-order valence-electron chi connectivity index (χ1n) is 7.32. The van der Waals surface area contributed by atoms with E-state index < -0.39 is 11.9 Å². The molecular formula is C15H19NO5S. The number of rotatable bonds is 5. The highest BCUT2D eigenvalue weighted by Crippen LogP contribution is 2.48. The van der Waals surface area contributed by atoms with Crippen molar-refractivity contribution in [1.29, 1.82) is 0 Å². The van der Waals surface area contributed by atoms with Gasteiger partial charge >= 0.3 is 11.9 Å². The standard InChI is InChI=1S/C15H19NO5S/c1-2-21-15(20)13-9-5-3-4-6-10(9)22-14(13)16-11(17)7-8-12(18)19/h7-10H,2-6H2,1H3,(H,16,17)(H,18,19). The number of carboxylic acid groups (broad SMARTS) is 1. The molecule has 2 unspecified atom stereocenters. The van der Waals surface area contributed by atoms with Crippen LogP contribution in [0.3, 0.4) is 0 Å². The maximum Gasteiger partial charge on any atom is 0.336 e. The van der Waals surface area contributed by atoms with Gasteiger partial charge in [0.25, 0.3) is 0 Å². The average Bonchev–Trinajstić information content (AvgIpc) is 2.83. The van der Waals surface area contributed by atoms with Gasteiger partial charge in [0.1, 0.15) is 0 Å². The molecule has 0 aromatic heterocycles. The van der Waals surface area contributed by atoms with Crippen LogP contribution < -0.4 is 5.32 Å². The van der Waals surface area contributed by atoms with E-state index in [1.807, 2.05) is 0 Å². The Hall–Kier alpha value is -1.76. The maximum atomic E-state index is 12.2. The molecule has 1 aliphatic heterocycles. The molecule has 0 radical (unpaired) electrons. The van der Waals surface area contributed by atoms with E-state index in [-0.39, 0.29) is 23.7 Å². The fourth-order valence-electron chi connectivity index (χ4n) is 2.80. The lowest BCUT2D eigenvalue weighted by atomic mass is 9.84. The fourth-order valence-corrected chi connectivity index (χ4v) is 4.35. The number of carbonyl (C=O) groups excluding carboxylic acids is 2. The van der Waals surface area contributed by atoms with Crippen LogP contribution in [0, 0.1) is 5.92 Å². The summed E-state index contributed by atoms with van der Waals surface area (Å²) in [5.41, 5.74) is 0.536. The van der Waals surface area contributed by atoms with Gasteiger partial charge in [0, 0.05) is 23.3 Å². The molecule has 0 aromatic carbocycles. The minimum absolute atomic E-state index is 0.108. The van der Waals surface area contributed by atoms with Crippen LogP contribution in [0.2, 0.25) is 0 Å². The predicted octanol–water partition coefficient (Wildman–Crippen LogP) is 1.82. The number of carbonyl (C=O) groups is 3. The second-order valence-corrected chi connectivity index (χ2v) is 6.42. The molecule has 7 heteroatoms. The molecule has 0 bridgehead atoms. The highest BCUT2D eigenvalue weighted by molar-refractivity contribution is 8.04. The van der Waals surface area contributed by atoms with Crippen molar-refractivity contribution in [2.75, 3.05) is 6.61 Å². The number of ether oxygens (including phenoxy) is 1. The molecule has 2 rings (SSSR count). The van der Waals surface area contributed by atoms with E-state index >= 15 is 0 Å². The maximum absolute atomic E-state index is 12.2. The van der Waals surface area contributed by atoms with Gasteiger partial charge in [0.15, 0.2) is 0 Å². The van der Waals surface area contributed by atoms with E-state index in [9.17, 15) is 14.4 Å². The van der Waals surface area contributed by atoms with Gasteiger partial charge in [-0.3, -0.25) is 4.79 Å². The minimum Gasteiger partial charge on any atom is -0.478 e. The summed E-state index contributed by atoms with van der Waals surface area (Å²) < 4.78 is 5.11. The van der Waals surface area contributed by atoms with Crippen molar-refractivity contribution in [3.05, 3.63) is 22.8 Å². The zero-order valence-corrected chi connectivity index (χ0v) is 13.1. The van der Waals surface area contributed by atoms with Gasteiger partial charge in [0.2, 0.25) is 5.91 Å². The largest absolute Gasteiger partial charge is 0.478 e. The Balaban J connectivity index is 2.18. The Bertz CT molecular complexity index is 540. The van der Waals surface area contributed by atoms with Gasteiger partial charge in [0.05, 0.1) is 17.2 Å². The van der Waals surface area contributed by atoms with Crippen molar-refractivity contribution in [3.8, 4) is 0 Å². The summed E-state index contributed by atoms with van der Waals surface area (Å²) in [5, 5.41) is 12.0. The van der Waals surface area contributed by atoms with Crippen molar-refractivity contribution in [1.82, 2.24) is 5.32 Å². The van der Waals surface area contributed by atoms with Crippen molar-refractivity contribution >= 4 is 29.6 Å². The Morgan fingerprint density at radius 2 is 2.05 bits per heavy atom. The molecule has 2 aliphatic rings. The smallest absolute Gasteiger partial charge is 0.336 e. The number of thioether (sulfide) groups is 1. The van der Waals surface area contributed by atoms with E-state index in [0.717, 1.165) is 37.8 Å². The second-order valence-electron chi connectivity index (χ2n) is 5.17. The molecule has 120 valence electrons. The molecule has 1 aliphatic carbocycles. The number of fused-ring (bicyclic) bond motifs is 1. The van der Waals surface area contributed by atoms with Crippen molar-refractivity contribution in [3.63, 3.8) is 0 Å². The number of hydrogen-bond donors (Lipinski definition) is 2. The molecule has 2 atom stereocenters. The predicted molar refractivity (Wildman–Crippen MR) is 81.9 cm³/mol. The zero-order chi connectivity index (χ0) is 16.1. The van der Waals surface area contributed by atoms with Gasteiger partial charge in [-0.25, -0.2) is 9.59 Å². The summed E-state index contributed by atoms with van der Waals surface area (Å²) in [6.07, 6.45) is 5.81. The summed E-state index contributed by atoms with van der Waals surface area (Å²) >= 11 is 1.48. The zero-order valence-electron chi connectivity index (χ0n) is 12.3. The summed E-state index contributed by atoms with van der Waals surface area (Å²) in [7, 11) is 0. The third kappa shape index (κ3) is 3.91. The van der Waals surface area contributed by atoms with Crippen LogP contribution in [-0.2, 0) is 19.1 Å². The average molecular weight is 325 g/mol. The summed E-state index contributed by atoms with van der Waals surface area (Å²) in [5.74, 6) is -2.02. The van der Waals surface area contributed by atoms with Crippen molar-refractivity contribution < 1.29 is 24.2 Å². The van der Waals surface area contributed by atoms with Gasteiger partial charge in [-0.2, -0.15) is 0 Å². The second kappa shape index (κ2) is 7.49.